The minimum atomic E-state index is -0.114. The number of hydrogen-bond acceptors (Lipinski definition) is 1. The maximum absolute atomic E-state index is 2.50. The average molecular weight is 714 g/mol. The Morgan fingerprint density at radius 3 is 1.70 bits per heavy atom. The third kappa shape index (κ3) is 4.87. The van der Waals surface area contributed by atoms with Crippen LogP contribution in [-0.2, 0) is 5.41 Å². The Morgan fingerprint density at radius 1 is 0.321 bits per heavy atom. The number of benzene rings is 10. The van der Waals surface area contributed by atoms with Crippen LogP contribution >= 0.6 is 0 Å². The zero-order valence-electron chi connectivity index (χ0n) is 31.5. The van der Waals surface area contributed by atoms with E-state index in [4.69, 9.17) is 0 Å². The Kier molecular flexibility index (Phi) is 7.28. The Labute approximate surface area is 327 Å². The molecule has 0 amide bonds. The lowest BCUT2D eigenvalue weighted by atomic mass is 9.82. The van der Waals surface area contributed by atoms with Crippen LogP contribution in [0.25, 0.3) is 76.5 Å². The van der Waals surface area contributed by atoms with Crippen LogP contribution in [0.15, 0.2) is 200 Å². The molecule has 0 spiro atoms. The van der Waals surface area contributed by atoms with Crippen LogP contribution in [0.4, 0.5) is 17.1 Å². The van der Waals surface area contributed by atoms with Crippen LogP contribution in [0.2, 0.25) is 0 Å². The van der Waals surface area contributed by atoms with Gasteiger partial charge in [0.05, 0.1) is 11.4 Å². The van der Waals surface area contributed by atoms with E-state index in [1.165, 1.54) is 93.3 Å². The summed E-state index contributed by atoms with van der Waals surface area (Å²) in [7, 11) is 0. The van der Waals surface area contributed by atoms with E-state index in [0.29, 0.717) is 0 Å². The topological polar surface area (TPSA) is 3.24 Å². The highest BCUT2D eigenvalue weighted by molar-refractivity contribution is 6.19. The van der Waals surface area contributed by atoms with Gasteiger partial charge in [0, 0.05) is 22.2 Å². The van der Waals surface area contributed by atoms with E-state index >= 15 is 0 Å². The van der Waals surface area contributed by atoms with Crippen molar-refractivity contribution >= 4 is 60.2 Å². The number of fused-ring (bicyclic) bond motifs is 9. The van der Waals surface area contributed by atoms with Crippen LogP contribution in [0.1, 0.15) is 25.0 Å². The van der Waals surface area contributed by atoms with Gasteiger partial charge in [0.1, 0.15) is 0 Å². The first-order valence-electron chi connectivity index (χ1n) is 19.6. The lowest BCUT2D eigenvalue weighted by Gasteiger charge is -2.31. The standard InChI is InChI=1S/C55H39N/c1-55(2)50-24-9-7-20-49(50)54-51(55)25-13-27-53(54)56(52-26-10-8-19-48(52)43-22-11-16-36-14-3-5-17-40(36)43)39-31-28-38(29-32-39)42-21-12-23-44-45(42)34-35-46-41-18-6-4-15-37(41)30-33-47(44)46/h3-35H,1-2H3. The fourth-order valence-corrected chi connectivity index (χ4v) is 9.58. The number of para-hydroxylation sites is 1. The van der Waals surface area contributed by atoms with Gasteiger partial charge in [-0.3, -0.25) is 0 Å². The third-order valence-electron chi connectivity index (χ3n) is 12.3. The number of anilines is 3. The van der Waals surface area contributed by atoms with Gasteiger partial charge in [0.15, 0.2) is 0 Å². The summed E-state index contributed by atoms with van der Waals surface area (Å²) < 4.78 is 0. The van der Waals surface area contributed by atoms with Crippen LogP contribution in [0.5, 0.6) is 0 Å². The first kappa shape index (κ1) is 32.5. The van der Waals surface area contributed by atoms with Crippen LogP contribution in [-0.4, -0.2) is 0 Å². The van der Waals surface area contributed by atoms with Crippen molar-refractivity contribution in [1.29, 1.82) is 0 Å². The third-order valence-corrected chi connectivity index (χ3v) is 12.3. The molecule has 0 saturated heterocycles. The summed E-state index contributed by atoms with van der Waals surface area (Å²) in [4.78, 5) is 2.50. The molecule has 0 heterocycles. The monoisotopic (exact) mass is 713 g/mol. The lowest BCUT2D eigenvalue weighted by molar-refractivity contribution is 0.660. The van der Waals surface area contributed by atoms with Gasteiger partial charge in [-0.05, 0) is 101 Å². The number of rotatable bonds is 5. The molecule has 0 N–H and O–H groups in total. The highest BCUT2D eigenvalue weighted by Gasteiger charge is 2.38. The SMILES string of the molecule is CC1(C)c2ccccc2-c2c(N(c3ccc(-c4cccc5c4ccc4c6ccccc6ccc54)cc3)c3ccccc3-c3cccc4ccccc34)cccc21. The van der Waals surface area contributed by atoms with Crippen molar-refractivity contribution in [3.63, 3.8) is 0 Å². The smallest absolute Gasteiger partial charge is 0.0543 e. The minimum Gasteiger partial charge on any atom is -0.309 e. The maximum atomic E-state index is 2.50. The molecule has 56 heavy (non-hydrogen) atoms. The van der Waals surface area contributed by atoms with E-state index in [9.17, 15) is 0 Å². The molecule has 0 fully saturated rings. The summed E-state index contributed by atoms with van der Waals surface area (Å²) in [5.74, 6) is 0. The molecule has 0 aromatic heterocycles. The molecule has 10 aromatic carbocycles. The van der Waals surface area contributed by atoms with Gasteiger partial charge in [0.25, 0.3) is 0 Å². The normalized spacial score (nSPS) is 13.0. The lowest BCUT2D eigenvalue weighted by Crippen LogP contribution is -2.16. The van der Waals surface area contributed by atoms with Gasteiger partial charge in [-0.1, -0.05) is 190 Å². The molecule has 0 unspecified atom stereocenters. The van der Waals surface area contributed by atoms with Crippen molar-refractivity contribution in [2.45, 2.75) is 19.3 Å². The summed E-state index contributed by atoms with van der Waals surface area (Å²) >= 11 is 0. The largest absolute Gasteiger partial charge is 0.309 e. The molecule has 1 aliphatic rings. The minimum absolute atomic E-state index is 0.114. The first-order valence-corrected chi connectivity index (χ1v) is 19.6. The van der Waals surface area contributed by atoms with Crippen molar-refractivity contribution in [3.8, 4) is 33.4 Å². The summed E-state index contributed by atoms with van der Waals surface area (Å²) in [5, 5.41) is 10.2. The highest BCUT2D eigenvalue weighted by Crippen LogP contribution is 2.55. The summed E-state index contributed by atoms with van der Waals surface area (Å²) in [5.41, 5.74) is 13.5. The van der Waals surface area contributed by atoms with Crippen LogP contribution in [0, 0.1) is 0 Å². The molecule has 11 rings (SSSR count). The van der Waals surface area contributed by atoms with Gasteiger partial charge >= 0.3 is 0 Å². The van der Waals surface area contributed by atoms with Crippen LogP contribution < -0.4 is 4.90 Å². The van der Waals surface area contributed by atoms with E-state index < -0.39 is 0 Å². The Bertz CT molecular complexity index is 3160. The summed E-state index contributed by atoms with van der Waals surface area (Å²) in [6.45, 7) is 4.72. The van der Waals surface area contributed by atoms with Gasteiger partial charge in [-0.2, -0.15) is 0 Å². The fraction of sp³-hybridized carbons (Fsp3) is 0.0545. The second kappa shape index (κ2) is 12.5. The van der Waals surface area contributed by atoms with E-state index in [2.05, 4.69) is 219 Å². The maximum Gasteiger partial charge on any atom is 0.0543 e. The van der Waals surface area contributed by atoms with E-state index in [1.807, 2.05) is 0 Å². The van der Waals surface area contributed by atoms with E-state index in [0.717, 1.165) is 11.4 Å². The molecule has 0 saturated carbocycles. The summed E-state index contributed by atoms with van der Waals surface area (Å²) in [6.07, 6.45) is 0. The second-order valence-electron chi connectivity index (χ2n) is 15.6. The Morgan fingerprint density at radius 2 is 0.839 bits per heavy atom. The molecule has 264 valence electrons. The molecule has 1 nitrogen and oxygen atoms in total. The molecule has 1 aliphatic carbocycles. The summed E-state index contributed by atoms with van der Waals surface area (Å²) in [6, 6.07) is 74.0. The molecule has 0 radical (unpaired) electrons. The van der Waals surface area contributed by atoms with Crippen molar-refractivity contribution in [2.75, 3.05) is 4.90 Å². The Balaban J connectivity index is 1.12. The highest BCUT2D eigenvalue weighted by atomic mass is 15.1. The van der Waals surface area contributed by atoms with Gasteiger partial charge in [0.2, 0.25) is 0 Å². The molecular weight excluding hydrogens is 675 g/mol. The number of nitrogens with zero attached hydrogens (tertiary/aromatic N) is 1. The van der Waals surface area contributed by atoms with Gasteiger partial charge in [-0.15, -0.1) is 0 Å². The van der Waals surface area contributed by atoms with Gasteiger partial charge in [-0.25, -0.2) is 0 Å². The van der Waals surface area contributed by atoms with Gasteiger partial charge < -0.3 is 4.90 Å². The van der Waals surface area contributed by atoms with Crippen molar-refractivity contribution in [1.82, 2.24) is 0 Å². The predicted molar refractivity (Wildman–Crippen MR) is 240 cm³/mol. The molecule has 0 bridgehead atoms. The molecule has 0 atom stereocenters. The molecule has 0 aliphatic heterocycles. The zero-order chi connectivity index (χ0) is 37.4. The van der Waals surface area contributed by atoms with E-state index in [-0.39, 0.29) is 5.41 Å². The molecule has 10 aromatic rings. The van der Waals surface area contributed by atoms with Crippen molar-refractivity contribution in [2.24, 2.45) is 0 Å². The fourth-order valence-electron chi connectivity index (χ4n) is 9.58. The molecule has 1 heteroatoms. The first-order chi connectivity index (χ1) is 27.6. The predicted octanol–water partition coefficient (Wildman–Crippen LogP) is 15.4. The van der Waals surface area contributed by atoms with Crippen molar-refractivity contribution in [3.05, 3.63) is 211 Å². The average Bonchev–Trinajstić information content (AvgIpc) is 3.50. The Hall–Kier alpha value is -6.96. The van der Waals surface area contributed by atoms with E-state index in [1.54, 1.807) is 0 Å². The zero-order valence-corrected chi connectivity index (χ0v) is 31.5. The number of hydrogen-bond donors (Lipinski definition) is 0. The van der Waals surface area contributed by atoms with Crippen LogP contribution in [0.3, 0.4) is 0 Å². The quantitative estimate of drug-likeness (QED) is 0.161. The second-order valence-corrected chi connectivity index (χ2v) is 15.6. The molecular formula is C55H39N. The van der Waals surface area contributed by atoms with Crippen molar-refractivity contribution < 1.29 is 0 Å².